The molecular formula is C13H13N3S. The first-order valence-corrected chi connectivity index (χ1v) is 6.28. The normalized spacial score (nSPS) is 10.1. The van der Waals surface area contributed by atoms with Gasteiger partial charge >= 0.3 is 0 Å². The fourth-order valence-corrected chi connectivity index (χ4v) is 2.17. The molecule has 0 saturated carbocycles. The van der Waals surface area contributed by atoms with E-state index >= 15 is 0 Å². The second-order valence-corrected chi connectivity index (χ2v) is 4.35. The predicted octanol–water partition coefficient (Wildman–Crippen LogP) is 2.32. The van der Waals surface area contributed by atoms with E-state index in [0.717, 1.165) is 35.9 Å². The maximum absolute atomic E-state index is 5.18. The number of terminal acetylenes is 1. The van der Waals surface area contributed by atoms with Crippen molar-refractivity contribution >= 4 is 11.3 Å². The summed E-state index contributed by atoms with van der Waals surface area (Å²) in [5.74, 6) is 2.59. The molecule has 0 radical (unpaired) electrons. The highest BCUT2D eigenvalue weighted by atomic mass is 32.1. The maximum atomic E-state index is 5.18. The van der Waals surface area contributed by atoms with Crippen molar-refractivity contribution in [3.8, 4) is 23.0 Å². The summed E-state index contributed by atoms with van der Waals surface area (Å²) in [5.41, 5.74) is 1.96. The van der Waals surface area contributed by atoms with Gasteiger partial charge in [-0.15, -0.1) is 23.7 Å². The Kier molecular flexibility index (Phi) is 4.25. The molecule has 0 unspecified atom stereocenters. The molecule has 0 bridgehead atoms. The molecule has 17 heavy (non-hydrogen) atoms. The second kappa shape index (κ2) is 6.14. The molecule has 4 heteroatoms. The number of rotatable bonds is 5. The van der Waals surface area contributed by atoms with Crippen LogP contribution in [0.2, 0.25) is 0 Å². The maximum Gasteiger partial charge on any atom is 0.142 e. The molecule has 2 aromatic rings. The van der Waals surface area contributed by atoms with Crippen LogP contribution in [0, 0.1) is 12.3 Å². The van der Waals surface area contributed by atoms with Crippen molar-refractivity contribution in [3.05, 3.63) is 35.5 Å². The minimum absolute atomic E-state index is 0.747. The molecule has 0 aliphatic carbocycles. The van der Waals surface area contributed by atoms with Crippen LogP contribution in [0.1, 0.15) is 12.1 Å². The third-order valence-corrected chi connectivity index (χ3v) is 3.10. The first kappa shape index (κ1) is 11.8. The highest BCUT2D eigenvalue weighted by Gasteiger charge is 2.04. The van der Waals surface area contributed by atoms with Crippen LogP contribution in [0.15, 0.2) is 29.8 Å². The fourth-order valence-electron chi connectivity index (χ4n) is 1.37. The molecule has 0 spiro atoms. The molecule has 0 aliphatic rings. The van der Waals surface area contributed by atoms with Crippen LogP contribution in [0.5, 0.6) is 0 Å². The van der Waals surface area contributed by atoms with Crippen LogP contribution >= 0.6 is 11.3 Å². The Morgan fingerprint density at radius 2 is 2.35 bits per heavy atom. The molecule has 2 aromatic heterocycles. The van der Waals surface area contributed by atoms with Gasteiger partial charge in [-0.25, -0.2) is 4.98 Å². The molecule has 0 atom stereocenters. The molecule has 3 nitrogen and oxygen atoms in total. The molecular weight excluding hydrogens is 230 g/mol. The summed E-state index contributed by atoms with van der Waals surface area (Å²) in [6, 6.07) is 5.84. The highest BCUT2D eigenvalue weighted by molar-refractivity contribution is 7.13. The van der Waals surface area contributed by atoms with Gasteiger partial charge in [0.2, 0.25) is 0 Å². The molecule has 86 valence electrons. The van der Waals surface area contributed by atoms with E-state index in [9.17, 15) is 0 Å². The van der Waals surface area contributed by atoms with Crippen molar-refractivity contribution < 1.29 is 0 Å². The lowest BCUT2D eigenvalue weighted by atomic mass is 10.3. The van der Waals surface area contributed by atoms with Gasteiger partial charge in [0.25, 0.3) is 0 Å². The van der Waals surface area contributed by atoms with Crippen molar-refractivity contribution in [2.45, 2.75) is 13.0 Å². The Bertz CT molecular complexity index is 499. The molecule has 1 N–H and O–H groups in total. The van der Waals surface area contributed by atoms with E-state index in [1.165, 1.54) is 0 Å². The Labute approximate surface area is 105 Å². The summed E-state index contributed by atoms with van der Waals surface area (Å²) in [6.07, 6.45) is 7.70. The lowest BCUT2D eigenvalue weighted by Gasteiger charge is -1.98. The van der Waals surface area contributed by atoms with Crippen molar-refractivity contribution in [1.82, 2.24) is 15.3 Å². The summed E-state index contributed by atoms with van der Waals surface area (Å²) >= 11 is 1.61. The molecule has 2 heterocycles. The van der Waals surface area contributed by atoms with Crippen molar-refractivity contribution in [2.24, 2.45) is 0 Å². The minimum atomic E-state index is 0.747. The number of aromatic nitrogens is 2. The average Bonchev–Trinajstić information content (AvgIpc) is 2.85. The van der Waals surface area contributed by atoms with E-state index < -0.39 is 0 Å². The highest BCUT2D eigenvalue weighted by Crippen LogP contribution is 2.20. The zero-order chi connectivity index (χ0) is 11.9. The van der Waals surface area contributed by atoms with Crippen molar-refractivity contribution in [2.75, 3.05) is 6.54 Å². The molecule has 0 aliphatic heterocycles. The molecule has 0 amide bonds. The van der Waals surface area contributed by atoms with Crippen LogP contribution in [0.4, 0.5) is 0 Å². The predicted molar refractivity (Wildman–Crippen MR) is 70.5 cm³/mol. The first-order chi connectivity index (χ1) is 8.40. The Hall–Kier alpha value is -1.70. The molecule has 0 fully saturated rings. The number of nitrogens with zero attached hydrogens (tertiary/aromatic N) is 2. The molecule has 0 saturated heterocycles. The fraction of sp³-hybridized carbons (Fsp3) is 0.231. The minimum Gasteiger partial charge on any atom is -0.310 e. The number of thiazole rings is 1. The summed E-state index contributed by atoms with van der Waals surface area (Å²) in [5, 5.41) is 6.25. The number of pyridine rings is 1. The van der Waals surface area contributed by atoms with E-state index in [0.29, 0.717) is 0 Å². The zero-order valence-electron chi connectivity index (χ0n) is 9.39. The van der Waals surface area contributed by atoms with Gasteiger partial charge in [0, 0.05) is 31.1 Å². The lowest BCUT2D eigenvalue weighted by molar-refractivity contribution is 0.691. The van der Waals surface area contributed by atoms with E-state index in [4.69, 9.17) is 6.42 Å². The van der Waals surface area contributed by atoms with Crippen molar-refractivity contribution in [3.63, 3.8) is 0 Å². The smallest absolute Gasteiger partial charge is 0.142 e. The Balaban J connectivity index is 1.95. The average molecular weight is 243 g/mol. The van der Waals surface area contributed by atoms with Crippen molar-refractivity contribution in [1.29, 1.82) is 0 Å². The van der Waals surface area contributed by atoms with Gasteiger partial charge in [-0.3, -0.25) is 4.98 Å². The van der Waals surface area contributed by atoms with Crippen LogP contribution in [0.3, 0.4) is 0 Å². The van der Waals surface area contributed by atoms with Gasteiger partial charge in [-0.1, -0.05) is 6.07 Å². The summed E-state index contributed by atoms with van der Waals surface area (Å²) in [4.78, 5) is 8.79. The SMILES string of the molecule is C#CCCNCc1csc(-c2ccccn2)n1. The first-order valence-electron chi connectivity index (χ1n) is 5.40. The molecule has 2 rings (SSSR count). The lowest BCUT2D eigenvalue weighted by Crippen LogP contribution is -2.14. The zero-order valence-corrected chi connectivity index (χ0v) is 10.2. The topological polar surface area (TPSA) is 37.8 Å². The number of nitrogens with one attached hydrogen (secondary N) is 1. The molecule has 0 aromatic carbocycles. The van der Waals surface area contributed by atoms with Crippen LogP contribution in [0.25, 0.3) is 10.7 Å². The standard InChI is InChI=1S/C13H13N3S/c1-2-3-7-14-9-11-10-17-13(16-11)12-6-4-5-8-15-12/h1,4-6,8,10,14H,3,7,9H2. The largest absolute Gasteiger partial charge is 0.310 e. The van der Waals surface area contributed by atoms with Gasteiger partial charge < -0.3 is 5.32 Å². The monoisotopic (exact) mass is 243 g/mol. The Morgan fingerprint density at radius 3 is 3.12 bits per heavy atom. The van der Waals surface area contributed by atoms with Crippen LogP contribution in [-0.2, 0) is 6.54 Å². The van der Waals surface area contributed by atoms with Gasteiger partial charge in [0.15, 0.2) is 0 Å². The quantitative estimate of drug-likeness (QED) is 0.647. The third-order valence-electron chi connectivity index (χ3n) is 2.19. The van der Waals surface area contributed by atoms with Gasteiger partial charge in [-0.2, -0.15) is 0 Å². The summed E-state index contributed by atoms with van der Waals surface area (Å²) < 4.78 is 0. The van der Waals surface area contributed by atoms with E-state index in [1.807, 2.05) is 23.6 Å². The third kappa shape index (κ3) is 3.38. The van der Waals surface area contributed by atoms with Gasteiger partial charge in [0.05, 0.1) is 11.4 Å². The summed E-state index contributed by atoms with van der Waals surface area (Å²) in [6.45, 7) is 1.58. The number of hydrogen-bond acceptors (Lipinski definition) is 4. The van der Waals surface area contributed by atoms with E-state index in [-0.39, 0.29) is 0 Å². The van der Waals surface area contributed by atoms with E-state index in [1.54, 1.807) is 17.5 Å². The van der Waals surface area contributed by atoms with E-state index in [2.05, 4.69) is 21.2 Å². The van der Waals surface area contributed by atoms with Crippen LogP contribution in [-0.4, -0.2) is 16.5 Å². The second-order valence-electron chi connectivity index (χ2n) is 3.49. The number of hydrogen-bond donors (Lipinski definition) is 1. The Morgan fingerprint density at radius 1 is 1.41 bits per heavy atom. The van der Waals surface area contributed by atoms with Gasteiger partial charge in [-0.05, 0) is 12.1 Å². The summed E-state index contributed by atoms with van der Waals surface area (Å²) in [7, 11) is 0. The van der Waals surface area contributed by atoms with Gasteiger partial charge in [0.1, 0.15) is 5.01 Å². The van der Waals surface area contributed by atoms with Crippen LogP contribution < -0.4 is 5.32 Å².